The van der Waals surface area contributed by atoms with E-state index in [9.17, 15) is 14.4 Å². The largest absolute Gasteiger partial charge is 0.464 e. The summed E-state index contributed by atoms with van der Waals surface area (Å²) in [7, 11) is 1.26. The molecule has 0 aliphatic rings. The number of carbonyl (C=O) groups is 1. The molecule has 0 atom stereocenters. The number of hydrogen-bond donors (Lipinski definition) is 1. The first-order valence-corrected chi connectivity index (χ1v) is 7.39. The Kier molecular flexibility index (Phi) is 3.90. The summed E-state index contributed by atoms with van der Waals surface area (Å²) in [4.78, 5) is 40.0. The fourth-order valence-electron chi connectivity index (χ4n) is 1.99. The summed E-state index contributed by atoms with van der Waals surface area (Å²) in [5, 5.41) is 2.57. The Labute approximate surface area is 133 Å². The molecule has 23 heavy (non-hydrogen) atoms. The zero-order valence-corrected chi connectivity index (χ0v) is 12.8. The summed E-state index contributed by atoms with van der Waals surface area (Å²) in [6.45, 7) is 0. The zero-order valence-electron chi connectivity index (χ0n) is 12.0. The van der Waals surface area contributed by atoms with Gasteiger partial charge in [0.1, 0.15) is 0 Å². The van der Waals surface area contributed by atoms with E-state index in [1.54, 1.807) is 0 Å². The molecule has 0 bridgehead atoms. The maximum atomic E-state index is 12.0. The highest BCUT2D eigenvalue weighted by Crippen LogP contribution is 2.31. The van der Waals surface area contributed by atoms with E-state index < -0.39 is 17.1 Å². The predicted octanol–water partition coefficient (Wildman–Crippen LogP) is 1.44. The minimum Gasteiger partial charge on any atom is -0.464 e. The first-order chi connectivity index (χ1) is 11.1. The Bertz CT molecular complexity index is 972. The van der Waals surface area contributed by atoms with Gasteiger partial charge in [-0.05, 0) is 5.56 Å². The maximum Gasteiger partial charge on any atom is 0.358 e. The van der Waals surface area contributed by atoms with E-state index in [-0.39, 0.29) is 10.8 Å². The molecule has 0 unspecified atom stereocenters. The molecule has 8 heteroatoms. The predicted molar refractivity (Wildman–Crippen MR) is 85.1 cm³/mol. The molecule has 0 saturated heterocycles. The standard InChI is InChI=1S/C15H11N3O4S/c1-22-14(21)12-13(9-5-3-2-4-6-9)23-15(16-12)18-11(20)8-7-10(19)17-18/h2-8H,1H3,(H,17,19). The molecule has 3 aromatic rings. The van der Waals surface area contributed by atoms with Crippen molar-refractivity contribution in [3.63, 3.8) is 0 Å². The third kappa shape index (κ3) is 2.84. The van der Waals surface area contributed by atoms with E-state index >= 15 is 0 Å². The van der Waals surface area contributed by atoms with Crippen LogP contribution >= 0.6 is 11.3 Å². The van der Waals surface area contributed by atoms with Crippen molar-refractivity contribution in [1.82, 2.24) is 14.8 Å². The van der Waals surface area contributed by atoms with E-state index in [1.165, 1.54) is 7.11 Å². The second-order valence-electron chi connectivity index (χ2n) is 4.51. The maximum absolute atomic E-state index is 12.0. The molecule has 2 heterocycles. The summed E-state index contributed by atoms with van der Waals surface area (Å²) < 4.78 is 5.75. The molecular formula is C15H11N3O4S. The van der Waals surface area contributed by atoms with Crippen LogP contribution in [0.4, 0.5) is 0 Å². The Balaban J connectivity index is 2.23. The molecule has 0 spiro atoms. The van der Waals surface area contributed by atoms with Crippen molar-refractivity contribution in [2.75, 3.05) is 7.11 Å². The van der Waals surface area contributed by atoms with Crippen molar-refractivity contribution < 1.29 is 9.53 Å². The summed E-state index contributed by atoms with van der Waals surface area (Å²) >= 11 is 1.11. The molecule has 116 valence electrons. The van der Waals surface area contributed by atoms with Gasteiger partial charge in [-0.1, -0.05) is 41.7 Å². The van der Waals surface area contributed by atoms with Gasteiger partial charge in [0, 0.05) is 12.1 Å². The molecule has 0 saturated carbocycles. The molecule has 0 fully saturated rings. The second kappa shape index (κ2) is 6.01. The van der Waals surface area contributed by atoms with Crippen LogP contribution in [0.3, 0.4) is 0 Å². The third-order valence-electron chi connectivity index (χ3n) is 3.04. The van der Waals surface area contributed by atoms with Gasteiger partial charge in [-0.15, -0.1) is 0 Å². The van der Waals surface area contributed by atoms with Crippen LogP contribution in [0.2, 0.25) is 0 Å². The number of aromatic nitrogens is 3. The van der Waals surface area contributed by atoms with Crippen LogP contribution in [0.15, 0.2) is 52.1 Å². The molecule has 0 aliphatic carbocycles. The average molecular weight is 329 g/mol. The average Bonchev–Trinajstić information content (AvgIpc) is 3.02. The molecular weight excluding hydrogens is 318 g/mol. The number of esters is 1. The van der Waals surface area contributed by atoms with Crippen LogP contribution < -0.4 is 11.1 Å². The summed E-state index contributed by atoms with van der Waals surface area (Å²) in [5.74, 6) is -0.613. The number of aromatic amines is 1. The number of ether oxygens (including phenoxy) is 1. The van der Waals surface area contributed by atoms with Crippen LogP contribution in [-0.2, 0) is 4.74 Å². The quantitative estimate of drug-likeness (QED) is 0.734. The first kappa shape index (κ1) is 14.9. The van der Waals surface area contributed by atoms with Gasteiger partial charge < -0.3 is 4.74 Å². The molecule has 1 N–H and O–H groups in total. The molecule has 0 amide bonds. The van der Waals surface area contributed by atoms with Crippen LogP contribution in [0, 0.1) is 0 Å². The molecule has 0 aliphatic heterocycles. The van der Waals surface area contributed by atoms with Crippen molar-refractivity contribution in [1.29, 1.82) is 0 Å². The molecule has 1 aromatic carbocycles. The Morgan fingerprint density at radius 2 is 1.91 bits per heavy atom. The lowest BCUT2D eigenvalue weighted by Gasteiger charge is -1.99. The Morgan fingerprint density at radius 1 is 1.17 bits per heavy atom. The molecule has 0 radical (unpaired) electrons. The smallest absolute Gasteiger partial charge is 0.358 e. The highest BCUT2D eigenvalue weighted by atomic mass is 32.1. The number of rotatable bonds is 3. The molecule has 2 aromatic heterocycles. The number of hydrogen-bond acceptors (Lipinski definition) is 6. The van der Waals surface area contributed by atoms with Crippen molar-refractivity contribution in [2.45, 2.75) is 0 Å². The van der Waals surface area contributed by atoms with E-state index in [1.807, 2.05) is 30.3 Å². The minimum absolute atomic E-state index is 0.0929. The topological polar surface area (TPSA) is 94.0 Å². The van der Waals surface area contributed by atoms with Crippen molar-refractivity contribution in [3.05, 3.63) is 68.9 Å². The SMILES string of the molecule is COC(=O)c1nc(-n2[nH]c(=O)ccc2=O)sc1-c1ccccc1. The number of thiazole rings is 1. The van der Waals surface area contributed by atoms with Gasteiger partial charge >= 0.3 is 5.97 Å². The summed E-state index contributed by atoms with van der Waals surface area (Å²) in [5.41, 5.74) is -0.0339. The molecule has 7 nitrogen and oxygen atoms in total. The van der Waals surface area contributed by atoms with Gasteiger partial charge in [-0.3, -0.25) is 14.7 Å². The van der Waals surface area contributed by atoms with E-state index in [0.717, 1.165) is 33.7 Å². The van der Waals surface area contributed by atoms with Crippen LogP contribution in [-0.4, -0.2) is 27.8 Å². The van der Waals surface area contributed by atoms with E-state index in [4.69, 9.17) is 4.74 Å². The fraction of sp³-hybridized carbons (Fsp3) is 0.0667. The number of methoxy groups -OCH3 is 1. The van der Waals surface area contributed by atoms with Crippen molar-refractivity contribution >= 4 is 17.3 Å². The number of carbonyl (C=O) groups excluding carboxylic acids is 1. The Morgan fingerprint density at radius 3 is 2.61 bits per heavy atom. The van der Waals surface area contributed by atoms with Gasteiger partial charge in [0.05, 0.1) is 12.0 Å². The molecule has 3 rings (SSSR count). The minimum atomic E-state index is -0.613. The van der Waals surface area contributed by atoms with Gasteiger partial charge in [-0.2, -0.15) is 4.68 Å². The highest BCUT2D eigenvalue weighted by molar-refractivity contribution is 7.17. The monoisotopic (exact) mass is 329 g/mol. The van der Waals surface area contributed by atoms with Gasteiger partial charge in [0.15, 0.2) is 5.69 Å². The number of nitrogens with one attached hydrogen (secondary N) is 1. The zero-order chi connectivity index (χ0) is 16.4. The van der Waals surface area contributed by atoms with Crippen LogP contribution in [0.5, 0.6) is 0 Å². The second-order valence-corrected chi connectivity index (χ2v) is 5.49. The first-order valence-electron chi connectivity index (χ1n) is 6.57. The number of nitrogens with zero attached hydrogens (tertiary/aromatic N) is 2. The van der Waals surface area contributed by atoms with Gasteiger partial charge in [0.2, 0.25) is 5.13 Å². The number of benzene rings is 1. The van der Waals surface area contributed by atoms with Gasteiger partial charge in [-0.25, -0.2) is 9.78 Å². The fourth-order valence-corrected chi connectivity index (χ4v) is 3.02. The van der Waals surface area contributed by atoms with Gasteiger partial charge in [0.25, 0.3) is 11.1 Å². The highest BCUT2D eigenvalue weighted by Gasteiger charge is 2.21. The van der Waals surface area contributed by atoms with Crippen LogP contribution in [0.25, 0.3) is 15.6 Å². The van der Waals surface area contributed by atoms with Crippen molar-refractivity contribution in [3.8, 4) is 15.6 Å². The lowest BCUT2D eigenvalue weighted by molar-refractivity contribution is 0.0595. The van der Waals surface area contributed by atoms with Crippen LogP contribution in [0.1, 0.15) is 10.5 Å². The summed E-state index contributed by atoms with van der Waals surface area (Å²) in [6, 6.07) is 11.4. The lowest BCUT2D eigenvalue weighted by atomic mass is 10.1. The lowest BCUT2D eigenvalue weighted by Crippen LogP contribution is -2.26. The normalized spacial score (nSPS) is 10.5. The third-order valence-corrected chi connectivity index (χ3v) is 4.13. The van der Waals surface area contributed by atoms with Crippen molar-refractivity contribution in [2.24, 2.45) is 0 Å². The Hall–Kier alpha value is -3.00. The summed E-state index contributed by atoms with van der Waals surface area (Å²) in [6.07, 6.45) is 0. The van der Waals surface area contributed by atoms with E-state index in [0.29, 0.717) is 4.88 Å². The van der Waals surface area contributed by atoms with E-state index in [2.05, 4.69) is 10.1 Å². The number of H-pyrrole nitrogens is 1.